The Hall–Kier alpha value is -3.38. The van der Waals surface area contributed by atoms with Crippen molar-refractivity contribution in [3.63, 3.8) is 0 Å². The summed E-state index contributed by atoms with van der Waals surface area (Å²) in [5.74, 6) is -0.377. The van der Waals surface area contributed by atoms with Crippen LogP contribution in [0.5, 0.6) is 0 Å². The van der Waals surface area contributed by atoms with E-state index in [1.165, 1.54) is 0 Å². The van der Waals surface area contributed by atoms with Gasteiger partial charge in [-0.1, -0.05) is 35.9 Å². The maximum atomic E-state index is 13.6. The zero-order valence-electron chi connectivity index (χ0n) is 18.8. The molecule has 176 valence electrons. The van der Waals surface area contributed by atoms with E-state index in [1.54, 1.807) is 37.1 Å². The van der Waals surface area contributed by atoms with E-state index in [0.29, 0.717) is 27.4 Å². The summed E-state index contributed by atoms with van der Waals surface area (Å²) in [5.41, 5.74) is 4.33. The maximum absolute atomic E-state index is 13.6. The molecule has 0 saturated carbocycles. The van der Waals surface area contributed by atoms with Crippen LogP contribution in [0, 0.1) is 6.92 Å². The first-order valence-electron chi connectivity index (χ1n) is 10.7. The number of carboxylic acid groups (broad SMARTS) is 1. The zero-order valence-corrected chi connectivity index (χ0v) is 21.2. The second-order valence-electron chi connectivity index (χ2n) is 8.20. The first kappa shape index (κ1) is 23.4. The van der Waals surface area contributed by atoms with Gasteiger partial charge in [-0.05, 0) is 54.4 Å². The van der Waals surface area contributed by atoms with Crippen LogP contribution in [0.1, 0.15) is 15.2 Å². The number of hydrogen-bond donors (Lipinski definition) is 2. The van der Waals surface area contributed by atoms with E-state index in [9.17, 15) is 14.5 Å². The van der Waals surface area contributed by atoms with Crippen LogP contribution in [0.4, 0.5) is 5.69 Å². The number of furan rings is 1. The summed E-state index contributed by atoms with van der Waals surface area (Å²) in [6.07, 6.45) is 1.72. The number of rotatable bonds is 6. The van der Waals surface area contributed by atoms with Crippen molar-refractivity contribution in [1.29, 1.82) is 0 Å². The third-order valence-electron chi connectivity index (χ3n) is 5.62. The number of aryl methyl sites for hydroxylation is 1. The van der Waals surface area contributed by atoms with E-state index in [1.807, 2.05) is 49.4 Å². The molecule has 1 unspecified atom stereocenters. The highest BCUT2D eigenvalue weighted by atomic mass is 35.5. The van der Waals surface area contributed by atoms with Crippen LogP contribution >= 0.6 is 30.2 Å². The van der Waals surface area contributed by atoms with Gasteiger partial charge in [-0.3, -0.25) is 9.55 Å². The van der Waals surface area contributed by atoms with Crippen molar-refractivity contribution in [2.75, 3.05) is 11.8 Å². The smallest absolute Gasteiger partial charge is 0.348 e. The number of carboxylic acids is 1. The third-order valence-corrected chi connectivity index (χ3v) is 9.12. The molecule has 0 spiro atoms. The van der Waals surface area contributed by atoms with Gasteiger partial charge in [0.05, 0.1) is 5.69 Å². The van der Waals surface area contributed by atoms with Crippen LogP contribution < -0.4 is 10.4 Å². The summed E-state index contributed by atoms with van der Waals surface area (Å²) in [6.45, 7) is 3.42. The molecule has 6 nitrogen and oxygen atoms in total. The Morgan fingerprint density at radius 3 is 2.51 bits per heavy atom. The molecule has 9 heteroatoms. The number of nitrogens with one attached hydrogen (secondary N) is 1. The van der Waals surface area contributed by atoms with Gasteiger partial charge in [0.1, 0.15) is 16.2 Å². The quantitative estimate of drug-likeness (QED) is 0.224. The van der Waals surface area contributed by atoms with Crippen LogP contribution in [0.3, 0.4) is 0 Å². The molecule has 3 aromatic heterocycles. The molecule has 0 bridgehead atoms. The number of anilines is 1. The summed E-state index contributed by atoms with van der Waals surface area (Å²) in [6, 6.07) is 20.1. The molecule has 5 rings (SSSR count). The van der Waals surface area contributed by atoms with Crippen LogP contribution in [-0.2, 0) is 4.57 Å². The van der Waals surface area contributed by atoms with Gasteiger partial charge in [0.25, 0.3) is 0 Å². The van der Waals surface area contributed by atoms with E-state index < -0.39 is 13.3 Å². The SMILES string of the molecule is Cc1cc(Cl)ccc1P(C)(=O)Nc1cc(-c2ccc(-c3cc4ncccc4o3)cc2)sc1C(=O)O. The van der Waals surface area contributed by atoms with E-state index in [-0.39, 0.29) is 4.88 Å². The molecule has 5 aromatic rings. The molecule has 0 fully saturated rings. The van der Waals surface area contributed by atoms with Crippen LogP contribution in [0.2, 0.25) is 5.02 Å². The maximum Gasteiger partial charge on any atom is 0.348 e. The molecular weight excluding hydrogens is 503 g/mol. The fraction of sp³-hybridized carbons (Fsp3) is 0.0769. The normalized spacial score (nSPS) is 13.0. The Balaban J connectivity index is 1.46. The number of benzene rings is 2. The average Bonchev–Trinajstić information content (AvgIpc) is 3.43. The standard InChI is InChI=1S/C26H20ClN2O4PS/c1-15-12-18(27)9-10-23(15)34(2,32)29-20-14-24(35-25(20)26(30)31)17-7-5-16(6-8-17)22-13-19-21(33-22)4-3-11-28-19/h3-14H,1-2H3,(H,29,32)(H,30,31). The first-order chi connectivity index (χ1) is 16.7. The molecule has 0 amide bonds. The summed E-state index contributed by atoms with van der Waals surface area (Å²) >= 11 is 7.17. The average molecular weight is 523 g/mol. The van der Waals surface area contributed by atoms with Gasteiger partial charge < -0.3 is 14.6 Å². The number of hydrogen-bond acceptors (Lipinski definition) is 5. The topological polar surface area (TPSA) is 92.4 Å². The Morgan fingerprint density at radius 1 is 1.09 bits per heavy atom. The Morgan fingerprint density at radius 2 is 1.83 bits per heavy atom. The van der Waals surface area contributed by atoms with E-state index >= 15 is 0 Å². The predicted octanol–water partition coefficient (Wildman–Crippen LogP) is 7.53. The monoisotopic (exact) mass is 522 g/mol. The van der Waals surface area contributed by atoms with Crippen LogP contribution in [0.15, 0.2) is 77.3 Å². The third kappa shape index (κ3) is 4.63. The molecule has 0 aliphatic heterocycles. The summed E-state index contributed by atoms with van der Waals surface area (Å²) in [4.78, 5) is 17.1. The molecular formula is C26H20ClN2O4PS. The number of aromatic carboxylic acids is 1. The highest BCUT2D eigenvalue weighted by Crippen LogP contribution is 2.46. The number of nitrogens with zero attached hydrogens (tertiary/aromatic N) is 1. The van der Waals surface area contributed by atoms with Gasteiger partial charge >= 0.3 is 5.97 Å². The number of aromatic nitrogens is 1. The second-order valence-corrected chi connectivity index (χ2v) is 12.2. The summed E-state index contributed by atoms with van der Waals surface area (Å²) in [7, 11) is -3.12. The Bertz CT molecular complexity index is 1590. The van der Waals surface area contributed by atoms with Crippen LogP contribution in [-0.4, -0.2) is 22.7 Å². The molecule has 2 N–H and O–H groups in total. The zero-order chi connectivity index (χ0) is 24.7. The minimum atomic E-state index is -3.12. The number of pyridine rings is 1. The Kier molecular flexibility index (Phi) is 6.01. The van der Waals surface area contributed by atoms with Gasteiger partial charge in [0.2, 0.25) is 0 Å². The highest BCUT2D eigenvalue weighted by Gasteiger charge is 2.25. The van der Waals surface area contributed by atoms with Crippen molar-refractivity contribution >= 4 is 58.3 Å². The van der Waals surface area contributed by atoms with E-state index in [4.69, 9.17) is 16.0 Å². The lowest BCUT2D eigenvalue weighted by molar-refractivity contribution is 0.0703. The van der Waals surface area contributed by atoms with Crippen molar-refractivity contribution in [3.8, 4) is 21.8 Å². The van der Waals surface area contributed by atoms with Gasteiger partial charge in [0.15, 0.2) is 12.9 Å². The number of fused-ring (bicyclic) bond motifs is 1. The van der Waals surface area contributed by atoms with Gasteiger partial charge in [-0.25, -0.2) is 4.79 Å². The summed E-state index contributed by atoms with van der Waals surface area (Å²) in [5, 5.41) is 14.0. The fourth-order valence-electron chi connectivity index (χ4n) is 3.97. The highest BCUT2D eigenvalue weighted by molar-refractivity contribution is 7.72. The minimum Gasteiger partial charge on any atom is -0.477 e. The lowest BCUT2D eigenvalue weighted by atomic mass is 10.1. The number of thiophene rings is 1. The Labute approximate surface area is 210 Å². The second kappa shape index (κ2) is 9.00. The van der Waals surface area contributed by atoms with Crippen LogP contribution in [0.25, 0.3) is 32.9 Å². The predicted molar refractivity (Wildman–Crippen MR) is 143 cm³/mol. The summed E-state index contributed by atoms with van der Waals surface area (Å²) < 4.78 is 19.4. The van der Waals surface area contributed by atoms with Crippen molar-refractivity contribution in [2.45, 2.75) is 6.92 Å². The fourth-order valence-corrected chi connectivity index (χ4v) is 7.09. The molecule has 35 heavy (non-hydrogen) atoms. The number of halogens is 1. The molecule has 2 aromatic carbocycles. The van der Waals surface area contributed by atoms with Crippen molar-refractivity contribution in [2.24, 2.45) is 0 Å². The molecule has 0 saturated heterocycles. The molecule has 0 radical (unpaired) electrons. The first-order valence-corrected chi connectivity index (χ1v) is 14.0. The van der Waals surface area contributed by atoms with Crippen molar-refractivity contribution in [3.05, 3.63) is 88.4 Å². The van der Waals surface area contributed by atoms with Crippen molar-refractivity contribution < 1.29 is 18.9 Å². The van der Waals surface area contributed by atoms with Gasteiger partial charge in [-0.2, -0.15) is 0 Å². The molecule has 0 aliphatic carbocycles. The molecule has 0 aliphatic rings. The van der Waals surface area contributed by atoms with Gasteiger partial charge in [0, 0.05) is 39.7 Å². The lowest BCUT2D eigenvalue weighted by Crippen LogP contribution is -2.14. The number of carbonyl (C=O) groups is 1. The van der Waals surface area contributed by atoms with E-state index in [0.717, 1.165) is 38.4 Å². The van der Waals surface area contributed by atoms with Crippen molar-refractivity contribution in [1.82, 2.24) is 4.98 Å². The van der Waals surface area contributed by atoms with Gasteiger partial charge in [-0.15, -0.1) is 11.3 Å². The molecule has 1 atom stereocenters. The molecule has 3 heterocycles. The minimum absolute atomic E-state index is 0.0983. The van der Waals surface area contributed by atoms with E-state index in [2.05, 4.69) is 10.1 Å². The lowest BCUT2D eigenvalue weighted by Gasteiger charge is -2.18. The largest absolute Gasteiger partial charge is 0.477 e.